The summed E-state index contributed by atoms with van der Waals surface area (Å²) in [6.07, 6.45) is 1.24. The van der Waals surface area contributed by atoms with Gasteiger partial charge in [0.1, 0.15) is 11.6 Å². The molecule has 0 spiro atoms. The number of nitriles is 1. The van der Waals surface area contributed by atoms with E-state index in [0.29, 0.717) is 0 Å². The molecule has 1 aromatic carbocycles. The molecule has 1 aliphatic heterocycles. The van der Waals surface area contributed by atoms with E-state index in [1.165, 1.54) is 6.33 Å². The van der Waals surface area contributed by atoms with Gasteiger partial charge in [0.15, 0.2) is 0 Å². The zero-order valence-electron chi connectivity index (χ0n) is 10.6. The van der Waals surface area contributed by atoms with Crippen LogP contribution in [0.5, 0.6) is 5.88 Å². The second-order valence-electron chi connectivity index (χ2n) is 4.43. The Labute approximate surface area is 128 Å². The lowest BCUT2D eigenvalue weighted by Crippen LogP contribution is -2.28. The van der Waals surface area contributed by atoms with Crippen LogP contribution in [0, 0.1) is 11.3 Å². The van der Waals surface area contributed by atoms with E-state index in [1.807, 2.05) is 30.3 Å². The molecule has 1 aliphatic rings. The van der Waals surface area contributed by atoms with E-state index in [4.69, 9.17) is 10.5 Å². The van der Waals surface area contributed by atoms with Crippen molar-refractivity contribution in [2.24, 2.45) is 5.73 Å². The number of ether oxygens (including phenoxy) is 1. The number of aromatic amines is 1. The lowest BCUT2D eigenvalue weighted by atomic mass is 9.85. The van der Waals surface area contributed by atoms with Crippen molar-refractivity contribution in [2.75, 3.05) is 0 Å². The molecule has 0 saturated heterocycles. The molecule has 0 amide bonds. The Bertz CT molecular complexity index is 851. The maximum atomic E-state index is 12.1. The van der Waals surface area contributed by atoms with Crippen molar-refractivity contribution in [3.8, 4) is 11.9 Å². The third-order valence-corrected chi connectivity index (χ3v) is 3.70. The van der Waals surface area contributed by atoms with Gasteiger partial charge in [-0.1, -0.05) is 28.1 Å². The molecule has 7 heteroatoms. The van der Waals surface area contributed by atoms with Gasteiger partial charge in [-0.25, -0.2) is 4.98 Å². The maximum absolute atomic E-state index is 12.1. The first kappa shape index (κ1) is 13.4. The number of hydrogen-bond acceptors (Lipinski definition) is 5. The largest absolute Gasteiger partial charge is 0.422 e. The van der Waals surface area contributed by atoms with E-state index < -0.39 is 5.92 Å². The quantitative estimate of drug-likeness (QED) is 0.819. The minimum absolute atomic E-state index is 0.0342. The van der Waals surface area contributed by atoms with Crippen molar-refractivity contribution in [2.45, 2.75) is 5.92 Å². The third-order valence-electron chi connectivity index (χ3n) is 3.20. The van der Waals surface area contributed by atoms with E-state index in [-0.39, 0.29) is 28.5 Å². The second-order valence-corrected chi connectivity index (χ2v) is 5.35. The van der Waals surface area contributed by atoms with Crippen molar-refractivity contribution >= 4 is 15.9 Å². The lowest BCUT2D eigenvalue weighted by molar-refractivity contribution is 0.375. The molecule has 6 nitrogen and oxygen atoms in total. The summed E-state index contributed by atoms with van der Waals surface area (Å²) in [7, 11) is 0. The first-order valence-corrected chi connectivity index (χ1v) is 6.81. The monoisotopic (exact) mass is 344 g/mol. The number of benzene rings is 1. The fourth-order valence-corrected chi connectivity index (χ4v) is 2.73. The molecule has 21 heavy (non-hydrogen) atoms. The number of hydrogen-bond donors (Lipinski definition) is 2. The highest BCUT2D eigenvalue weighted by molar-refractivity contribution is 9.10. The van der Waals surface area contributed by atoms with Crippen LogP contribution in [0.1, 0.15) is 17.0 Å². The Balaban J connectivity index is 2.31. The van der Waals surface area contributed by atoms with Gasteiger partial charge in [0.05, 0.1) is 17.8 Å². The molecule has 0 fully saturated rings. The number of nitrogens with one attached hydrogen (secondary N) is 1. The van der Waals surface area contributed by atoms with Crippen LogP contribution >= 0.6 is 15.9 Å². The molecule has 3 N–H and O–H groups in total. The summed E-state index contributed by atoms with van der Waals surface area (Å²) >= 11 is 3.38. The summed E-state index contributed by atoms with van der Waals surface area (Å²) < 4.78 is 6.13. The number of aromatic nitrogens is 2. The van der Waals surface area contributed by atoms with Crippen LogP contribution in [0.25, 0.3) is 0 Å². The van der Waals surface area contributed by atoms with Crippen molar-refractivity contribution in [3.63, 3.8) is 0 Å². The molecule has 0 bridgehead atoms. The van der Waals surface area contributed by atoms with Gasteiger partial charge in [0, 0.05) is 4.47 Å². The highest BCUT2D eigenvalue weighted by Crippen LogP contribution is 2.39. The fraction of sp³-hybridized carbons (Fsp3) is 0.0714. The molecule has 3 rings (SSSR count). The zero-order valence-corrected chi connectivity index (χ0v) is 12.2. The fourth-order valence-electron chi connectivity index (χ4n) is 2.31. The first-order chi connectivity index (χ1) is 10.1. The Kier molecular flexibility index (Phi) is 3.23. The van der Waals surface area contributed by atoms with Crippen molar-refractivity contribution in [1.82, 2.24) is 9.97 Å². The number of fused-ring (bicyclic) bond motifs is 1. The molecule has 0 aliphatic carbocycles. The van der Waals surface area contributed by atoms with Gasteiger partial charge in [-0.3, -0.25) is 4.79 Å². The van der Waals surface area contributed by atoms with Gasteiger partial charge in [-0.15, -0.1) is 0 Å². The Morgan fingerprint density at radius 1 is 1.48 bits per heavy atom. The van der Waals surface area contributed by atoms with Crippen LogP contribution in [0.15, 0.2) is 51.3 Å². The Morgan fingerprint density at radius 2 is 2.29 bits per heavy atom. The zero-order chi connectivity index (χ0) is 15.0. The second kappa shape index (κ2) is 5.07. The summed E-state index contributed by atoms with van der Waals surface area (Å²) in [5, 5.41) is 9.37. The van der Waals surface area contributed by atoms with Crippen LogP contribution in [-0.4, -0.2) is 9.97 Å². The van der Waals surface area contributed by atoms with E-state index in [2.05, 4.69) is 25.9 Å². The number of nitrogens with zero attached hydrogens (tertiary/aromatic N) is 2. The number of nitrogens with two attached hydrogens (primary N) is 1. The summed E-state index contributed by atoms with van der Waals surface area (Å²) in [5.41, 5.74) is 6.66. The highest BCUT2D eigenvalue weighted by Gasteiger charge is 2.33. The minimum atomic E-state index is -0.603. The molecule has 0 radical (unpaired) electrons. The molecule has 2 aromatic rings. The standard InChI is InChI=1S/C14H9BrN4O2/c15-8-3-1-2-7(4-8)10-9(5-16)12(17)21-14-11(10)13(20)18-6-19-14/h1-4,6,10H,17H2,(H,18,19,20)/t10-/m1/s1. The molecule has 104 valence electrons. The smallest absolute Gasteiger partial charge is 0.258 e. The highest BCUT2D eigenvalue weighted by atomic mass is 79.9. The summed E-state index contributed by atoms with van der Waals surface area (Å²) in [5.74, 6) is -0.512. The Morgan fingerprint density at radius 3 is 3.00 bits per heavy atom. The average molecular weight is 345 g/mol. The lowest BCUT2D eigenvalue weighted by Gasteiger charge is -2.24. The van der Waals surface area contributed by atoms with Crippen LogP contribution in [0.4, 0.5) is 0 Å². The van der Waals surface area contributed by atoms with Gasteiger partial charge in [-0.2, -0.15) is 5.26 Å². The molecular weight excluding hydrogens is 336 g/mol. The predicted octanol–water partition coefficient (Wildman–Crippen LogP) is 1.75. The number of halogens is 1. The molecule has 0 unspecified atom stereocenters. The van der Waals surface area contributed by atoms with Crippen LogP contribution in [-0.2, 0) is 0 Å². The maximum Gasteiger partial charge on any atom is 0.258 e. The van der Waals surface area contributed by atoms with Gasteiger partial charge in [-0.05, 0) is 17.7 Å². The van der Waals surface area contributed by atoms with E-state index in [0.717, 1.165) is 10.0 Å². The van der Waals surface area contributed by atoms with Crippen LogP contribution in [0.3, 0.4) is 0 Å². The van der Waals surface area contributed by atoms with E-state index >= 15 is 0 Å². The van der Waals surface area contributed by atoms with Crippen LogP contribution in [0.2, 0.25) is 0 Å². The van der Waals surface area contributed by atoms with Crippen molar-refractivity contribution in [3.05, 3.63) is 68.0 Å². The van der Waals surface area contributed by atoms with Crippen LogP contribution < -0.4 is 16.0 Å². The third kappa shape index (κ3) is 2.19. The predicted molar refractivity (Wildman–Crippen MR) is 78.3 cm³/mol. The number of rotatable bonds is 1. The van der Waals surface area contributed by atoms with Gasteiger partial charge >= 0.3 is 0 Å². The Hall–Kier alpha value is -2.59. The molecule has 1 aromatic heterocycles. The molecule has 1 atom stereocenters. The molecule has 2 heterocycles. The molecular formula is C14H9BrN4O2. The molecule has 0 saturated carbocycles. The SMILES string of the molecule is N#CC1=C(N)Oc2nc[nH]c(=O)c2[C@@H]1c1cccc(Br)c1. The normalized spacial score (nSPS) is 16.9. The number of allylic oxidation sites excluding steroid dienone is 1. The summed E-state index contributed by atoms with van der Waals surface area (Å²) in [6.45, 7) is 0. The summed E-state index contributed by atoms with van der Waals surface area (Å²) in [4.78, 5) is 18.6. The first-order valence-electron chi connectivity index (χ1n) is 6.02. The van der Waals surface area contributed by atoms with E-state index in [1.54, 1.807) is 0 Å². The van der Waals surface area contributed by atoms with Crippen molar-refractivity contribution < 1.29 is 4.74 Å². The number of H-pyrrole nitrogens is 1. The van der Waals surface area contributed by atoms with Gasteiger partial charge in [0.25, 0.3) is 5.56 Å². The average Bonchev–Trinajstić information content (AvgIpc) is 2.46. The van der Waals surface area contributed by atoms with Gasteiger partial charge < -0.3 is 15.5 Å². The summed E-state index contributed by atoms with van der Waals surface area (Å²) in [6, 6.07) is 9.36. The van der Waals surface area contributed by atoms with Gasteiger partial charge in [0.2, 0.25) is 11.8 Å². The van der Waals surface area contributed by atoms with Crippen molar-refractivity contribution in [1.29, 1.82) is 5.26 Å². The topological polar surface area (TPSA) is 105 Å². The van der Waals surface area contributed by atoms with E-state index in [9.17, 15) is 10.1 Å². The minimum Gasteiger partial charge on any atom is -0.422 e.